The maximum Gasteiger partial charge on any atom is 0.410 e. The van der Waals surface area contributed by atoms with Crippen molar-refractivity contribution in [3.63, 3.8) is 0 Å². The fraction of sp³-hybridized carbons (Fsp3) is 0.654. The van der Waals surface area contributed by atoms with Crippen LogP contribution in [-0.2, 0) is 14.3 Å². The summed E-state index contributed by atoms with van der Waals surface area (Å²) in [6.45, 7) is 16.3. The minimum atomic E-state index is -0.493. The van der Waals surface area contributed by atoms with Crippen molar-refractivity contribution in [2.45, 2.75) is 59.6 Å². The molecular weight excluding hydrogens is 446 g/mol. The SMILES string of the molecule is COCC(C)n1c(C)cc(/C=C(/C#N)C(=O)NCCCN2CCN(C(=O)OC(C)(C)C)CC2)c1C. The Labute approximate surface area is 209 Å². The quantitative estimate of drug-likeness (QED) is 0.326. The Morgan fingerprint density at radius 3 is 2.46 bits per heavy atom. The molecule has 1 aromatic heterocycles. The summed E-state index contributed by atoms with van der Waals surface area (Å²) in [6.07, 6.45) is 2.15. The molecule has 0 bridgehead atoms. The molecule has 9 nitrogen and oxygen atoms in total. The number of ether oxygens (including phenoxy) is 2. The second-order valence-electron chi connectivity index (χ2n) is 10.1. The molecule has 1 aliphatic heterocycles. The zero-order valence-corrected chi connectivity index (χ0v) is 22.3. The molecule has 9 heteroatoms. The minimum absolute atomic E-state index is 0.0932. The Morgan fingerprint density at radius 1 is 1.23 bits per heavy atom. The molecule has 2 amide bonds. The van der Waals surface area contributed by atoms with Crippen molar-refractivity contribution in [3.8, 4) is 6.07 Å². The first-order valence-corrected chi connectivity index (χ1v) is 12.2. The smallest absolute Gasteiger partial charge is 0.410 e. The Morgan fingerprint density at radius 2 is 1.89 bits per heavy atom. The van der Waals surface area contributed by atoms with Crippen LogP contribution in [0, 0.1) is 25.2 Å². The number of methoxy groups -OCH3 is 1. The molecule has 0 aliphatic carbocycles. The van der Waals surface area contributed by atoms with E-state index in [1.165, 1.54) is 0 Å². The van der Waals surface area contributed by atoms with Crippen molar-refractivity contribution in [3.05, 3.63) is 28.6 Å². The van der Waals surface area contributed by atoms with Gasteiger partial charge in [0.05, 0.1) is 12.6 Å². The van der Waals surface area contributed by atoms with Crippen molar-refractivity contribution in [2.75, 3.05) is 53.0 Å². The third-order valence-electron chi connectivity index (χ3n) is 6.00. The van der Waals surface area contributed by atoms with E-state index in [9.17, 15) is 14.9 Å². The highest BCUT2D eigenvalue weighted by molar-refractivity contribution is 6.01. The Bertz CT molecular complexity index is 946. The minimum Gasteiger partial charge on any atom is -0.444 e. The van der Waals surface area contributed by atoms with Crippen molar-refractivity contribution in [1.29, 1.82) is 5.26 Å². The van der Waals surface area contributed by atoms with E-state index in [2.05, 4.69) is 21.7 Å². The summed E-state index contributed by atoms with van der Waals surface area (Å²) in [5.41, 5.74) is 2.52. The molecule has 1 N–H and O–H groups in total. The van der Waals surface area contributed by atoms with Gasteiger partial charge in [-0.15, -0.1) is 0 Å². The summed E-state index contributed by atoms with van der Waals surface area (Å²) in [5, 5.41) is 12.4. The van der Waals surface area contributed by atoms with E-state index >= 15 is 0 Å². The molecule has 35 heavy (non-hydrogen) atoms. The van der Waals surface area contributed by atoms with Crippen LogP contribution in [-0.4, -0.2) is 85.0 Å². The molecule has 2 heterocycles. The number of aromatic nitrogens is 1. The van der Waals surface area contributed by atoms with Crippen LogP contribution < -0.4 is 5.32 Å². The lowest BCUT2D eigenvalue weighted by atomic mass is 10.1. The molecule has 0 spiro atoms. The Balaban J connectivity index is 1.82. The zero-order valence-electron chi connectivity index (χ0n) is 22.3. The van der Waals surface area contributed by atoms with Crippen LogP contribution in [0.5, 0.6) is 0 Å². The van der Waals surface area contributed by atoms with Crippen molar-refractivity contribution >= 4 is 18.1 Å². The Kier molecular flexibility index (Phi) is 10.3. The third kappa shape index (κ3) is 8.41. The van der Waals surface area contributed by atoms with Gasteiger partial charge in [0.2, 0.25) is 0 Å². The standard InChI is InChI=1S/C26H41N5O4/c1-19-15-22(21(3)31(19)20(2)18-34-7)16-23(17-27)24(32)28-9-8-10-29-11-13-30(14-12-29)25(33)35-26(4,5)6/h15-16,20H,8-14,18H2,1-7H3,(H,28,32)/b23-16-. The summed E-state index contributed by atoms with van der Waals surface area (Å²) in [5.74, 6) is -0.364. The molecule has 1 aromatic rings. The molecule has 1 saturated heterocycles. The monoisotopic (exact) mass is 487 g/mol. The van der Waals surface area contributed by atoms with Crippen molar-refractivity contribution in [1.82, 2.24) is 19.7 Å². The number of amides is 2. The summed E-state index contributed by atoms with van der Waals surface area (Å²) >= 11 is 0. The van der Waals surface area contributed by atoms with E-state index in [-0.39, 0.29) is 23.6 Å². The number of carbonyl (C=O) groups excluding carboxylic acids is 2. The van der Waals surface area contributed by atoms with Gasteiger partial charge < -0.3 is 24.3 Å². The lowest BCUT2D eigenvalue weighted by molar-refractivity contribution is -0.117. The first-order chi connectivity index (χ1) is 16.5. The molecule has 1 aliphatic rings. The first-order valence-electron chi connectivity index (χ1n) is 12.2. The average molecular weight is 488 g/mol. The fourth-order valence-electron chi connectivity index (χ4n) is 4.33. The van der Waals surface area contributed by atoms with Gasteiger partial charge in [0.1, 0.15) is 17.2 Å². The van der Waals surface area contributed by atoms with Gasteiger partial charge in [0, 0.05) is 51.2 Å². The van der Waals surface area contributed by atoms with Crippen LogP contribution in [0.15, 0.2) is 11.6 Å². The van der Waals surface area contributed by atoms with Crippen molar-refractivity contribution in [2.24, 2.45) is 0 Å². The van der Waals surface area contributed by atoms with Crippen LogP contribution in [0.1, 0.15) is 57.1 Å². The number of nitriles is 1. The number of nitrogens with zero attached hydrogens (tertiary/aromatic N) is 4. The topological polar surface area (TPSA) is 99.8 Å². The van der Waals surface area contributed by atoms with Crippen LogP contribution in [0.2, 0.25) is 0 Å². The predicted molar refractivity (Wildman–Crippen MR) is 136 cm³/mol. The molecular formula is C26H41N5O4. The molecule has 0 aromatic carbocycles. The number of rotatable bonds is 9. The van der Waals surface area contributed by atoms with E-state index in [1.54, 1.807) is 18.1 Å². The van der Waals surface area contributed by atoms with Crippen LogP contribution in [0.3, 0.4) is 0 Å². The van der Waals surface area contributed by atoms with E-state index in [0.29, 0.717) is 26.2 Å². The molecule has 0 saturated carbocycles. The van der Waals surface area contributed by atoms with E-state index in [1.807, 2.05) is 46.8 Å². The molecule has 2 rings (SSSR count). The van der Waals surface area contributed by atoms with Crippen LogP contribution in [0.4, 0.5) is 4.79 Å². The summed E-state index contributed by atoms with van der Waals surface area (Å²) < 4.78 is 12.9. The number of nitrogens with one attached hydrogen (secondary N) is 1. The van der Waals surface area contributed by atoms with Gasteiger partial charge in [-0.25, -0.2) is 4.79 Å². The highest BCUT2D eigenvalue weighted by atomic mass is 16.6. The highest BCUT2D eigenvalue weighted by Crippen LogP contribution is 2.23. The lowest BCUT2D eigenvalue weighted by Gasteiger charge is -2.35. The van der Waals surface area contributed by atoms with E-state index < -0.39 is 5.60 Å². The summed E-state index contributed by atoms with van der Waals surface area (Å²) in [7, 11) is 1.67. The molecule has 1 fully saturated rings. The van der Waals surface area contributed by atoms with Gasteiger partial charge in [0.25, 0.3) is 5.91 Å². The number of aryl methyl sites for hydroxylation is 1. The van der Waals surface area contributed by atoms with Gasteiger partial charge in [-0.05, 0) is 72.2 Å². The maximum atomic E-state index is 12.6. The summed E-state index contributed by atoms with van der Waals surface area (Å²) in [6, 6.07) is 4.19. The second-order valence-corrected chi connectivity index (χ2v) is 10.1. The van der Waals surface area contributed by atoms with Crippen LogP contribution in [0.25, 0.3) is 6.08 Å². The number of carbonyl (C=O) groups is 2. The third-order valence-corrected chi connectivity index (χ3v) is 6.00. The zero-order chi connectivity index (χ0) is 26.2. The second kappa shape index (κ2) is 12.8. The van der Waals surface area contributed by atoms with E-state index in [4.69, 9.17) is 9.47 Å². The summed E-state index contributed by atoms with van der Waals surface area (Å²) in [4.78, 5) is 28.8. The highest BCUT2D eigenvalue weighted by Gasteiger charge is 2.25. The fourth-order valence-corrected chi connectivity index (χ4v) is 4.33. The largest absolute Gasteiger partial charge is 0.444 e. The van der Waals surface area contributed by atoms with Crippen molar-refractivity contribution < 1.29 is 19.1 Å². The normalized spacial score (nSPS) is 16.1. The molecule has 1 atom stereocenters. The number of piperazine rings is 1. The average Bonchev–Trinajstić information content (AvgIpc) is 3.06. The maximum absolute atomic E-state index is 12.6. The number of hydrogen-bond acceptors (Lipinski definition) is 6. The Hall–Kier alpha value is -2.83. The molecule has 1 unspecified atom stereocenters. The first kappa shape index (κ1) is 28.4. The predicted octanol–water partition coefficient (Wildman–Crippen LogP) is 3.28. The number of hydrogen-bond donors (Lipinski definition) is 1. The van der Waals surface area contributed by atoms with Gasteiger partial charge in [-0.3, -0.25) is 9.69 Å². The lowest BCUT2D eigenvalue weighted by Crippen LogP contribution is -2.50. The van der Waals surface area contributed by atoms with Gasteiger partial charge in [-0.2, -0.15) is 5.26 Å². The van der Waals surface area contributed by atoms with Gasteiger partial charge in [0.15, 0.2) is 0 Å². The van der Waals surface area contributed by atoms with Gasteiger partial charge >= 0.3 is 6.09 Å². The van der Waals surface area contributed by atoms with E-state index in [0.717, 1.165) is 43.0 Å². The van der Waals surface area contributed by atoms with Gasteiger partial charge in [-0.1, -0.05) is 0 Å². The molecule has 194 valence electrons. The van der Waals surface area contributed by atoms with Crippen LogP contribution >= 0.6 is 0 Å². The molecule has 0 radical (unpaired) electrons.